The average molecular weight is 271 g/mol. The van der Waals surface area contributed by atoms with Crippen LogP contribution in [0.25, 0.3) is 11.4 Å². The third kappa shape index (κ3) is 2.54. The van der Waals surface area contributed by atoms with Gasteiger partial charge in [0.15, 0.2) is 0 Å². The topological polar surface area (TPSA) is 63.9 Å². The van der Waals surface area contributed by atoms with Crippen molar-refractivity contribution in [3.8, 4) is 11.4 Å². The number of rotatable bonds is 3. The minimum Gasteiger partial charge on any atom is -0.341 e. The van der Waals surface area contributed by atoms with Crippen LogP contribution in [0.1, 0.15) is 18.4 Å². The number of hydrogen-bond donors (Lipinski definition) is 0. The summed E-state index contributed by atoms with van der Waals surface area (Å²) in [5.41, 5.74) is 2.05. The van der Waals surface area contributed by atoms with Gasteiger partial charge >= 0.3 is 0 Å². The van der Waals surface area contributed by atoms with E-state index in [0.29, 0.717) is 5.82 Å². The van der Waals surface area contributed by atoms with Gasteiger partial charge in [0.05, 0.1) is 0 Å². The highest BCUT2D eigenvalue weighted by Gasteiger charge is 2.19. The van der Waals surface area contributed by atoms with Crippen LogP contribution >= 0.6 is 0 Å². The zero-order valence-electron chi connectivity index (χ0n) is 11.5. The van der Waals surface area contributed by atoms with Crippen molar-refractivity contribution in [3.05, 3.63) is 29.8 Å². The molecule has 1 aromatic heterocycles. The van der Waals surface area contributed by atoms with Gasteiger partial charge in [-0.05, 0) is 30.5 Å². The normalized spacial score (nSPS) is 14.8. The average Bonchev–Trinajstić information content (AvgIpc) is 3.10. The van der Waals surface area contributed by atoms with E-state index in [-0.39, 0.29) is 12.5 Å². The second-order valence-corrected chi connectivity index (χ2v) is 5.05. The van der Waals surface area contributed by atoms with Gasteiger partial charge in [-0.3, -0.25) is 4.79 Å². The van der Waals surface area contributed by atoms with Crippen LogP contribution < -0.4 is 0 Å². The first kappa shape index (κ1) is 12.8. The van der Waals surface area contributed by atoms with E-state index < -0.39 is 0 Å². The van der Waals surface area contributed by atoms with Crippen molar-refractivity contribution in [2.75, 3.05) is 13.1 Å². The van der Waals surface area contributed by atoms with Gasteiger partial charge in [-0.1, -0.05) is 24.3 Å². The van der Waals surface area contributed by atoms with E-state index in [1.54, 1.807) is 0 Å². The van der Waals surface area contributed by atoms with Gasteiger partial charge in [0.2, 0.25) is 11.7 Å². The van der Waals surface area contributed by atoms with E-state index in [1.165, 1.54) is 4.80 Å². The number of benzene rings is 1. The molecule has 1 aliphatic rings. The van der Waals surface area contributed by atoms with Gasteiger partial charge in [0.25, 0.3) is 0 Å². The third-order valence-corrected chi connectivity index (χ3v) is 3.57. The summed E-state index contributed by atoms with van der Waals surface area (Å²) in [4.78, 5) is 15.3. The molecule has 1 aromatic carbocycles. The molecule has 0 unspecified atom stereocenters. The van der Waals surface area contributed by atoms with Crippen LogP contribution in [0.4, 0.5) is 0 Å². The maximum absolute atomic E-state index is 12.0. The highest BCUT2D eigenvalue weighted by Crippen LogP contribution is 2.17. The first-order valence-corrected chi connectivity index (χ1v) is 6.85. The van der Waals surface area contributed by atoms with Crippen molar-refractivity contribution in [1.82, 2.24) is 25.1 Å². The molecule has 0 spiro atoms. The Morgan fingerprint density at radius 3 is 2.75 bits per heavy atom. The predicted octanol–water partition coefficient (Wildman–Crippen LogP) is 1.27. The Kier molecular flexibility index (Phi) is 3.45. The molecule has 2 heterocycles. The van der Waals surface area contributed by atoms with E-state index in [1.807, 2.05) is 36.1 Å². The van der Waals surface area contributed by atoms with Crippen LogP contribution in [0, 0.1) is 6.92 Å². The molecule has 1 fully saturated rings. The van der Waals surface area contributed by atoms with Crippen molar-refractivity contribution >= 4 is 5.91 Å². The van der Waals surface area contributed by atoms with Gasteiger partial charge in [-0.25, -0.2) is 0 Å². The number of amides is 1. The van der Waals surface area contributed by atoms with Gasteiger partial charge in [-0.2, -0.15) is 4.80 Å². The fraction of sp³-hybridized carbons (Fsp3) is 0.429. The molecule has 104 valence electrons. The van der Waals surface area contributed by atoms with Crippen LogP contribution in [-0.2, 0) is 11.3 Å². The molecule has 1 saturated heterocycles. The van der Waals surface area contributed by atoms with Crippen molar-refractivity contribution < 1.29 is 4.79 Å². The Hall–Kier alpha value is -2.24. The summed E-state index contributed by atoms with van der Waals surface area (Å²) < 4.78 is 0. The fourth-order valence-electron chi connectivity index (χ4n) is 2.43. The fourth-order valence-corrected chi connectivity index (χ4v) is 2.43. The second kappa shape index (κ2) is 5.40. The Labute approximate surface area is 117 Å². The summed E-state index contributed by atoms with van der Waals surface area (Å²) in [6.07, 6.45) is 2.18. The molecule has 0 saturated carbocycles. The van der Waals surface area contributed by atoms with Crippen LogP contribution in [0.5, 0.6) is 0 Å². The Morgan fingerprint density at radius 1 is 1.25 bits per heavy atom. The largest absolute Gasteiger partial charge is 0.341 e. The first-order chi connectivity index (χ1) is 9.74. The molecule has 0 aliphatic carbocycles. The van der Waals surface area contributed by atoms with Crippen LogP contribution in [0.2, 0.25) is 0 Å². The van der Waals surface area contributed by atoms with E-state index >= 15 is 0 Å². The van der Waals surface area contributed by atoms with E-state index in [2.05, 4.69) is 15.4 Å². The zero-order valence-corrected chi connectivity index (χ0v) is 11.5. The molecule has 1 aliphatic heterocycles. The van der Waals surface area contributed by atoms with E-state index in [4.69, 9.17) is 0 Å². The molecule has 0 radical (unpaired) electrons. The van der Waals surface area contributed by atoms with Crippen LogP contribution in [0.3, 0.4) is 0 Å². The predicted molar refractivity (Wildman–Crippen MR) is 73.8 cm³/mol. The van der Waals surface area contributed by atoms with E-state index in [0.717, 1.165) is 37.1 Å². The molecular weight excluding hydrogens is 254 g/mol. The molecule has 20 heavy (non-hydrogen) atoms. The summed E-state index contributed by atoms with van der Waals surface area (Å²) in [5.74, 6) is 0.633. The van der Waals surface area contributed by atoms with Gasteiger partial charge in [0, 0.05) is 18.7 Å². The van der Waals surface area contributed by atoms with Gasteiger partial charge in [-0.15, -0.1) is 10.2 Å². The minimum atomic E-state index is 0.0660. The molecule has 0 atom stereocenters. The number of tetrazole rings is 1. The number of carbonyl (C=O) groups excluding carboxylic acids is 1. The lowest BCUT2D eigenvalue weighted by molar-refractivity contribution is -0.131. The van der Waals surface area contributed by atoms with Crippen molar-refractivity contribution in [2.45, 2.75) is 26.3 Å². The zero-order chi connectivity index (χ0) is 13.9. The molecule has 0 bridgehead atoms. The molecule has 2 aromatic rings. The molecule has 6 heteroatoms. The summed E-state index contributed by atoms with van der Waals surface area (Å²) in [6, 6.07) is 7.88. The number of carbonyl (C=O) groups is 1. The molecule has 6 nitrogen and oxygen atoms in total. The molecule has 3 rings (SSSR count). The smallest absolute Gasteiger partial charge is 0.246 e. The monoisotopic (exact) mass is 271 g/mol. The van der Waals surface area contributed by atoms with Gasteiger partial charge in [0.1, 0.15) is 6.54 Å². The number of aryl methyl sites for hydroxylation is 1. The van der Waals surface area contributed by atoms with E-state index in [9.17, 15) is 4.79 Å². The molecule has 1 amide bonds. The van der Waals surface area contributed by atoms with Crippen molar-refractivity contribution in [1.29, 1.82) is 0 Å². The summed E-state index contributed by atoms with van der Waals surface area (Å²) in [5, 5.41) is 12.3. The summed E-state index contributed by atoms with van der Waals surface area (Å²) in [7, 11) is 0. The van der Waals surface area contributed by atoms with Crippen LogP contribution in [0.15, 0.2) is 24.3 Å². The Bertz CT molecular complexity index is 616. The maximum Gasteiger partial charge on any atom is 0.246 e. The standard InChI is InChI=1S/C14H17N5O/c1-11-6-2-3-7-12(11)14-15-17-19(16-14)10-13(20)18-8-4-5-9-18/h2-3,6-7H,4-5,8-10H2,1H3. The highest BCUT2D eigenvalue weighted by atomic mass is 16.2. The van der Waals surface area contributed by atoms with Crippen molar-refractivity contribution in [2.24, 2.45) is 0 Å². The lowest BCUT2D eigenvalue weighted by atomic mass is 10.1. The second-order valence-electron chi connectivity index (χ2n) is 5.05. The molecular formula is C14H17N5O. The summed E-state index contributed by atoms with van der Waals surface area (Å²) >= 11 is 0. The Morgan fingerprint density at radius 2 is 2.00 bits per heavy atom. The number of aromatic nitrogens is 4. The van der Waals surface area contributed by atoms with Crippen molar-refractivity contribution in [3.63, 3.8) is 0 Å². The lowest BCUT2D eigenvalue weighted by Crippen LogP contribution is -2.31. The maximum atomic E-state index is 12.0. The minimum absolute atomic E-state index is 0.0660. The number of likely N-dealkylation sites (tertiary alicyclic amines) is 1. The number of hydrogen-bond acceptors (Lipinski definition) is 4. The van der Waals surface area contributed by atoms with Crippen LogP contribution in [-0.4, -0.2) is 44.1 Å². The highest BCUT2D eigenvalue weighted by molar-refractivity contribution is 5.76. The lowest BCUT2D eigenvalue weighted by Gasteiger charge is -2.13. The molecule has 0 N–H and O–H groups in total. The van der Waals surface area contributed by atoms with Gasteiger partial charge < -0.3 is 4.90 Å². The Balaban J connectivity index is 1.74. The summed E-state index contributed by atoms with van der Waals surface area (Å²) in [6.45, 7) is 3.86. The quantitative estimate of drug-likeness (QED) is 0.843. The SMILES string of the molecule is Cc1ccccc1-c1nnn(CC(=O)N2CCCC2)n1. The number of nitrogens with zero attached hydrogens (tertiary/aromatic N) is 5. The first-order valence-electron chi connectivity index (χ1n) is 6.85. The third-order valence-electron chi connectivity index (χ3n) is 3.57.